The molecule has 1 aliphatic rings. The topological polar surface area (TPSA) is 36.4 Å². The zero-order chi connectivity index (χ0) is 11.5. The van der Waals surface area contributed by atoms with Gasteiger partial charge < -0.3 is 5.11 Å². The van der Waals surface area contributed by atoms with Crippen LogP contribution in [0.5, 0.6) is 0 Å². The van der Waals surface area contributed by atoms with Crippen molar-refractivity contribution in [2.45, 2.75) is 26.0 Å². The molecule has 0 spiro atoms. The lowest BCUT2D eigenvalue weighted by molar-refractivity contribution is 0.0259. The van der Waals surface area contributed by atoms with Crippen LogP contribution in [-0.4, -0.2) is 34.2 Å². The molecule has 0 amide bonds. The van der Waals surface area contributed by atoms with Crippen molar-refractivity contribution in [1.82, 2.24) is 9.88 Å². The zero-order valence-corrected chi connectivity index (χ0v) is 10.2. The molecule has 0 aromatic carbocycles. The van der Waals surface area contributed by atoms with E-state index in [-0.39, 0.29) is 6.10 Å². The van der Waals surface area contributed by atoms with Crippen molar-refractivity contribution in [1.29, 1.82) is 0 Å². The fraction of sp³-hybridized carbons (Fsp3) is 0.583. The first-order valence-electron chi connectivity index (χ1n) is 5.66. The van der Waals surface area contributed by atoms with Crippen LogP contribution in [0.3, 0.4) is 0 Å². The van der Waals surface area contributed by atoms with E-state index >= 15 is 0 Å². The summed E-state index contributed by atoms with van der Waals surface area (Å²) in [5.74, 6) is 0.416. The minimum Gasteiger partial charge on any atom is -0.392 e. The van der Waals surface area contributed by atoms with Gasteiger partial charge in [-0.05, 0) is 30.5 Å². The Labute approximate surface area is 101 Å². The number of nitrogens with zero attached hydrogens (tertiary/aromatic N) is 2. The average Bonchev–Trinajstić information content (AvgIpc) is 2.27. The highest BCUT2D eigenvalue weighted by Crippen LogP contribution is 2.18. The molecule has 2 rings (SSSR count). The standard InChI is InChI=1S/C12H17ClN2O/c1-9-4-5-15(8-11(9)16)7-10-2-3-12(13)14-6-10/h2-3,6,9,11,16H,4-5,7-8H2,1H3. The summed E-state index contributed by atoms with van der Waals surface area (Å²) in [5.41, 5.74) is 1.14. The molecule has 2 atom stereocenters. The quantitative estimate of drug-likeness (QED) is 0.803. The number of hydrogen-bond acceptors (Lipinski definition) is 3. The third kappa shape index (κ3) is 2.94. The van der Waals surface area contributed by atoms with Gasteiger partial charge in [0.1, 0.15) is 5.15 Å². The van der Waals surface area contributed by atoms with Crippen LogP contribution in [0.1, 0.15) is 18.9 Å². The Morgan fingerprint density at radius 2 is 2.38 bits per heavy atom. The monoisotopic (exact) mass is 240 g/mol. The van der Waals surface area contributed by atoms with E-state index in [0.717, 1.165) is 31.6 Å². The van der Waals surface area contributed by atoms with Crippen molar-refractivity contribution in [3.05, 3.63) is 29.0 Å². The van der Waals surface area contributed by atoms with Crippen molar-refractivity contribution >= 4 is 11.6 Å². The van der Waals surface area contributed by atoms with Gasteiger partial charge in [-0.2, -0.15) is 0 Å². The van der Waals surface area contributed by atoms with Crippen molar-refractivity contribution in [3.63, 3.8) is 0 Å². The van der Waals surface area contributed by atoms with E-state index in [0.29, 0.717) is 11.1 Å². The van der Waals surface area contributed by atoms with E-state index < -0.39 is 0 Å². The third-order valence-corrected chi connectivity index (χ3v) is 3.42. The van der Waals surface area contributed by atoms with E-state index in [1.165, 1.54) is 0 Å². The summed E-state index contributed by atoms with van der Waals surface area (Å²) < 4.78 is 0. The Morgan fingerprint density at radius 3 is 3.00 bits per heavy atom. The lowest BCUT2D eigenvalue weighted by Crippen LogP contribution is -2.42. The van der Waals surface area contributed by atoms with Gasteiger partial charge in [-0.3, -0.25) is 4.90 Å². The lowest BCUT2D eigenvalue weighted by atomic mass is 9.96. The molecule has 1 aromatic rings. The summed E-state index contributed by atoms with van der Waals surface area (Å²) in [6, 6.07) is 3.79. The molecular formula is C12H17ClN2O. The first kappa shape index (κ1) is 11.8. The number of rotatable bonds is 2. The minimum atomic E-state index is -0.200. The molecule has 1 saturated heterocycles. The zero-order valence-electron chi connectivity index (χ0n) is 9.43. The number of halogens is 1. The van der Waals surface area contributed by atoms with Gasteiger partial charge in [0.25, 0.3) is 0 Å². The molecule has 2 unspecified atom stereocenters. The second-order valence-electron chi connectivity index (χ2n) is 4.56. The Balaban J connectivity index is 1.93. The Morgan fingerprint density at radius 1 is 1.56 bits per heavy atom. The van der Waals surface area contributed by atoms with Crippen molar-refractivity contribution in [2.75, 3.05) is 13.1 Å². The SMILES string of the molecule is CC1CCN(Cc2ccc(Cl)nc2)CC1O. The number of pyridine rings is 1. The summed E-state index contributed by atoms with van der Waals surface area (Å²) in [7, 11) is 0. The highest BCUT2D eigenvalue weighted by molar-refractivity contribution is 6.29. The Kier molecular flexibility index (Phi) is 3.79. The van der Waals surface area contributed by atoms with Crippen LogP contribution in [0.4, 0.5) is 0 Å². The van der Waals surface area contributed by atoms with Crippen LogP contribution < -0.4 is 0 Å². The Bertz CT molecular complexity index is 341. The molecule has 16 heavy (non-hydrogen) atoms. The van der Waals surface area contributed by atoms with E-state index in [1.54, 1.807) is 12.3 Å². The summed E-state index contributed by atoms with van der Waals surface area (Å²) in [6.45, 7) is 4.74. The van der Waals surface area contributed by atoms with Gasteiger partial charge >= 0.3 is 0 Å². The summed E-state index contributed by atoms with van der Waals surface area (Å²) in [4.78, 5) is 6.31. The molecule has 1 N–H and O–H groups in total. The van der Waals surface area contributed by atoms with E-state index in [9.17, 15) is 5.11 Å². The first-order chi connectivity index (χ1) is 7.65. The van der Waals surface area contributed by atoms with Gasteiger partial charge in [0.2, 0.25) is 0 Å². The number of β-amino-alcohol motifs (C(OH)–C–C–N with tert-alkyl or cyclic N) is 1. The summed E-state index contributed by atoms with van der Waals surface area (Å²) in [6.07, 6.45) is 2.66. The van der Waals surface area contributed by atoms with Crippen LogP contribution in [0.2, 0.25) is 5.15 Å². The van der Waals surface area contributed by atoms with Gasteiger partial charge in [-0.15, -0.1) is 0 Å². The minimum absolute atomic E-state index is 0.200. The summed E-state index contributed by atoms with van der Waals surface area (Å²) >= 11 is 5.73. The molecule has 0 radical (unpaired) electrons. The molecule has 1 fully saturated rings. The van der Waals surface area contributed by atoms with Gasteiger partial charge in [0, 0.05) is 19.3 Å². The van der Waals surface area contributed by atoms with E-state index in [2.05, 4.69) is 16.8 Å². The number of piperidine rings is 1. The lowest BCUT2D eigenvalue weighted by Gasteiger charge is -2.34. The van der Waals surface area contributed by atoms with E-state index in [1.807, 2.05) is 6.07 Å². The predicted octanol–water partition coefficient (Wildman–Crippen LogP) is 1.94. The van der Waals surface area contributed by atoms with E-state index in [4.69, 9.17) is 11.6 Å². The van der Waals surface area contributed by atoms with Gasteiger partial charge in [0.05, 0.1) is 6.10 Å². The number of aliphatic hydroxyl groups excluding tert-OH is 1. The maximum absolute atomic E-state index is 9.79. The van der Waals surface area contributed by atoms with Gasteiger partial charge in [0.15, 0.2) is 0 Å². The van der Waals surface area contributed by atoms with Gasteiger partial charge in [-0.25, -0.2) is 4.98 Å². The average molecular weight is 241 g/mol. The van der Waals surface area contributed by atoms with Crippen molar-refractivity contribution in [2.24, 2.45) is 5.92 Å². The number of aromatic nitrogens is 1. The fourth-order valence-electron chi connectivity index (χ4n) is 2.02. The molecule has 1 aliphatic heterocycles. The molecule has 0 saturated carbocycles. The van der Waals surface area contributed by atoms with Crippen LogP contribution in [0, 0.1) is 5.92 Å². The maximum atomic E-state index is 9.79. The molecule has 1 aromatic heterocycles. The largest absolute Gasteiger partial charge is 0.392 e. The fourth-order valence-corrected chi connectivity index (χ4v) is 2.13. The second kappa shape index (κ2) is 5.13. The molecule has 2 heterocycles. The molecule has 0 aliphatic carbocycles. The Hall–Kier alpha value is -0.640. The van der Waals surface area contributed by atoms with Crippen molar-refractivity contribution < 1.29 is 5.11 Å². The van der Waals surface area contributed by atoms with Gasteiger partial charge in [-0.1, -0.05) is 24.6 Å². The highest BCUT2D eigenvalue weighted by atomic mass is 35.5. The van der Waals surface area contributed by atoms with Crippen LogP contribution in [0.25, 0.3) is 0 Å². The normalized spacial score (nSPS) is 26.9. The highest BCUT2D eigenvalue weighted by Gasteiger charge is 2.23. The molecule has 4 heteroatoms. The molecule has 88 valence electrons. The van der Waals surface area contributed by atoms with Crippen LogP contribution in [-0.2, 0) is 6.54 Å². The predicted molar refractivity (Wildman–Crippen MR) is 64.3 cm³/mol. The summed E-state index contributed by atoms with van der Waals surface area (Å²) in [5, 5.41) is 10.3. The number of aliphatic hydroxyl groups is 1. The number of hydrogen-bond donors (Lipinski definition) is 1. The number of likely N-dealkylation sites (tertiary alicyclic amines) is 1. The molecule has 3 nitrogen and oxygen atoms in total. The molecule has 0 bridgehead atoms. The maximum Gasteiger partial charge on any atom is 0.129 e. The smallest absolute Gasteiger partial charge is 0.129 e. The second-order valence-corrected chi connectivity index (χ2v) is 4.94. The third-order valence-electron chi connectivity index (χ3n) is 3.20. The van der Waals surface area contributed by atoms with Crippen LogP contribution >= 0.6 is 11.6 Å². The molecular weight excluding hydrogens is 224 g/mol. The van der Waals surface area contributed by atoms with Crippen molar-refractivity contribution in [3.8, 4) is 0 Å². The van der Waals surface area contributed by atoms with Crippen LogP contribution in [0.15, 0.2) is 18.3 Å². The first-order valence-corrected chi connectivity index (χ1v) is 6.04.